The highest BCUT2D eigenvalue weighted by Crippen LogP contribution is 2.32. The van der Waals surface area contributed by atoms with Crippen molar-refractivity contribution in [3.63, 3.8) is 0 Å². The predicted molar refractivity (Wildman–Crippen MR) is 85.3 cm³/mol. The molecule has 1 N–H and O–H groups in total. The van der Waals surface area contributed by atoms with E-state index in [0.29, 0.717) is 37.0 Å². The fourth-order valence-corrected chi connectivity index (χ4v) is 3.36. The van der Waals surface area contributed by atoms with Crippen LogP contribution in [0.4, 0.5) is 0 Å². The zero-order chi connectivity index (χ0) is 16.8. The van der Waals surface area contributed by atoms with Gasteiger partial charge in [0.1, 0.15) is 0 Å². The van der Waals surface area contributed by atoms with Gasteiger partial charge in [0.05, 0.1) is 17.8 Å². The normalized spacial score (nSPS) is 21.8. The molecule has 0 aromatic carbocycles. The van der Waals surface area contributed by atoms with Crippen molar-refractivity contribution in [2.45, 2.75) is 45.9 Å². The Labute approximate surface area is 139 Å². The molecule has 0 amide bonds. The number of imidazole rings is 1. The van der Waals surface area contributed by atoms with Gasteiger partial charge in [-0.25, -0.2) is 9.97 Å². The van der Waals surface area contributed by atoms with E-state index in [1.807, 2.05) is 30.5 Å². The Morgan fingerprint density at radius 1 is 1.25 bits per heavy atom. The van der Waals surface area contributed by atoms with E-state index in [2.05, 4.69) is 25.0 Å². The molecule has 3 aromatic heterocycles. The molecule has 0 saturated carbocycles. The average molecular weight is 328 g/mol. The van der Waals surface area contributed by atoms with Crippen LogP contribution in [0, 0.1) is 20.8 Å². The van der Waals surface area contributed by atoms with Gasteiger partial charge >= 0.3 is 0 Å². The van der Waals surface area contributed by atoms with Crippen LogP contribution >= 0.6 is 0 Å². The highest BCUT2D eigenvalue weighted by Gasteiger charge is 2.36. The van der Waals surface area contributed by atoms with E-state index >= 15 is 0 Å². The molecule has 1 aliphatic heterocycles. The van der Waals surface area contributed by atoms with Gasteiger partial charge in [-0.3, -0.25) is 9.30 Å². The largest absolute Gasteiger partial charge is 0.392 e. The van der Waals surface area contributed by atoms with Crippen molar-refractivity contribution in [2.75, 3.05) is 6.54 Å². The standard InChI is InChI=1S/C16H20N6O2/c1-9-4-10(2)22-7-12(19-16(22)17-9)6-21-8-13(23)5-14(21)15-18-11(3)20-24-15/h4,7,13-14,23H,5-6,8H2,1-3H3/t13-,14-/m1/s1. The van der Waals surface area contributed by atoms with Gasteiger partial charge in [0.15, 0.2) is 5.82 Å². The van der Waals surface area contributed by atoms with E-state index in [9.17, 15) is 5.11 Å². The highest BCUT2D eigenvalue weighted by molar-refractivity contribution is 5.34. The van der Waals surface area contributed by atoms with Gasteiger partial charge in [-0.05, 0) is 33.3 Å². The van der Waals surface area contributed by atoms with Crippen LogP contribution in [-0.4, -0.2) is 47.2 Å². The number of aliphatic hydroxyl groups is 1. The third-order valence-electron chi connectivity index (χ3n) is 4.39. The predicted octanol–water partition coefficient (Wildman–Crippen LogP) is 1.35. The van der Waals surface area contributed by atoms with Gasteiger partial charge in [-0.1, -0.05) is 5.16 Å². The maximum absolute atomic E-state index is 10.1. The van der Waals surface area contributed by atoms with Crippen LogP contribution in [0.3, 0.4) is 0 Å². The fourth-order valence-electron chi connectivity index (χ4n) is 3.36. The van der Waals surface area contributed by atoms with Gasteiger partial charge < -0.3 is 9.63 Å². The molecule has 24 heavy (non-hydrogen) atoms. The molecule has 2 atom stereocenters. The minimum Gasteiger partial charge on any atom is -0.392 e. The highest BCUT2D eigenvalue weighted by atomic mass is 16.5. The summed E-state index contributed by atoms with van der Waals surface area (Å²) in [6, 6.07) is 1.95. The number of rotatable bonds is 3. The minimum absolute atomic E-state index is 0.0817. The summed E-state index contributed by atoms with van der Waals surface area (Å²) in [6.45, 7) is 6.96. The maximum atomic E-state index is 10.1. The van der Waals surface area contributed by atoms with Gasteiger partial charge in [-0.2, -0.15) is 4.98 Å². The van der Waals surface area contributed by atoms with Crippen LogP contribution in [0.1, 0.15) is 41.3 Å². The zero-order valence-electron chi connectivity index (χ0n) is 14.0. The number of aryl methyl sites for hydroxylation is 3. The van der Waals surface area contributed by atoms with Crippen molar-refractivity contribution >= 4 is 5.78 Å². The summed E-state index contributed by atoms with van der Waals surface area (Å²) < 4.78 is 7.29. The van der Waals surface area contributed by atoms with E-state index in [0.717, 1.165) is 17.1 Å². The number of likely N-dealkylation sites (tertiary alicyclic amines) is 1. The summed E-state index contributed by atoms with van der Waals surface area (Å²) in [5, 5.41) is 13.9. The minimum atomic E-state index is -0.402. The molecule has 8 heteroatoms. The second-order valence-electron chi connectivity index (χ2n) is 6.46. The molecule has 4 rings (SSSR count). The van der Waals surface area contributed by atoms with Crippen molar-refractivity contribution in [3.8, 4) is 0 Å². The lowest BCUT2D eigenvalue weighted by Crippen LogP contribution is -2.24. The van der Waals surface area contributed by atoms with E-state index in [1.54, 1.807) is 6.92 Å². The molecular weight excluding hydrogens is 308 g/mol. The number of aliphatic hydroxyl groups excluding tert-OH is 1. The lowest BCUT2D eigenvalue weighted by molar-refractivity contribution is 0.168. The molecule has 0 unspecified atom stereocenters. The van der Waals surface area contributed by atoms with Gasteiger partial charge in [0.25, 0.3) is 0 Å². The first-order chi connectivity index (χ1) is 11.5. The average Bonchev–Trinajstić information content (AvgIpc) is 3.18. The first kappa shape index (κ1) is 15.2. The molecule has 1 aliphatic rings. The Kier molecular flexibility index (Phi) is 3.58. The van der Waals surface area contributed by atoms with Crippen molar-refractivity contribution in [3.05, 3.63) is 41.1 Å². The Morgan fingerprint density at radius 3 is 2.83 bits per heavy atom. The third kappa shape index (κ3) is 2.67. The van der Waals surface area contributed by atoms with Crippen LogP contribution in [0.2, 0.25) is 0 Å². The van der Waals surface area contributed by atoms with Gasteiger partial charge in [0, 0.05) is 30.7 Å². The van der Waals surface area contributed by atoms with Crippen molar-refractivity contribution < 1.29 is 9.63 Å². The zero-order valence-corrected chi connectivity index (χ0v) is 14.0. The lowest BCUT2D eigenvalue weighted by atomic mass is 10.2. The Hall–Kier alpha value is -2.32. The molecule has 0 aliphatic carbocycles. The molecule has 0 spiro atoms. The summed E-state index contributed by atoms with van der Waals surface area (Å²) in [4.78, 5) is 15.5. The van der Waals surface area contributed by atoms with Gasteiger partial charge in [-0.15, -0.1) is 0 Å². The molecule has 4 heterocycles. The topological polar surface area (TPSA) is 92.6 Å². The van der Waals surface area contributed by atoms with Crippen LogP contribution < -0.4 is 0 Å². The number of fused-ring (bicyclic) bond motifs is 1. The van der Waals surface area contributed by atoms with Crippen LogP contribution in [0.5, 0.6) is 0 Å². The molecule has 0 bridgehead atoms. The molecule has 0 radical (unpaired) electrons. The Balaban J connectivity index is 1.62. The maximum Gasteiger partial charge on any atom is 0.244 e. The van der Waals surface area contributed by atoms with Crippen LogP contribution in [0.15, 0.2) is 16.8 Å². The van der Waals surface area contributed by atoms with E-state index < -0.39 is 6.10 Å². The van der Waals surface area contributed by atoms with E-state index in [-0.39, 0.29) is 6.04 Å². The molecule has 3 aromatic rings. The number of nitrogens with zero attached hydrogens (tertiary/aromatic N) is 6. The SMILES string of the molecule is Cc1cc(C)n2cc(CN3C[C@H](O)C[C@@H]3c3nc(C)no3)nc2n1. The summed E-state index contributed by atoms with van der Waals surface area (Å²) in [7, 11) is 0. The number of hydrogen-bond donors (Lipinski definition) is 1. The molecule has 126 valence electrons. The number of aromatic nitrogens is 5. The van der Waals surface area contributed by atoms with E-state index in [1.165, 1.54) is 0 Å². The number of β-amino-alcohol motifs (C(OH)–C–C–N with tert-alkyl or cyclic N) is 1. The molecule has 1 fully saturated rings. The molecular formula is C16H20N6O2. The van der Waals surface area contributed by atoms with E-state index in [4.69, 9.17) is 4.52 Å². The Bertz CT molecular complexity index is 886. The van der Waals surface area contributed by atoms with Crippen molar-refractivity contribution in [1.82, 2.24) is 29.4 Å². The summed E-state index contributed by atoms with van der Waals surface area (Å²) in [5.41, 5.74) is 2.96. The third-order valence-corrected chi connectivity index (χ3v) is 4.39. The van der Waals surface area contributed by atoms with Crippen molar-refractivity contribution in [1.29, 1.82) is 0 Å². The lowest BCUT2D eigenvalue weighted by Gasteiger charge is -2.19. The quantitative estimate of drug-likeness (QED) is 0.775. The summed E-state index contributed by atoms with van der Waals surface area (Å²) in [6.07, 6.45) is 2.19. The van der Waals surface area contributed by atoms with Crippen molar-refractivity contribution in [2.24, 2.45) is 0 Å². The summed E-state index contributed by atoms with van der Waals surface area (Å²) >= 11 is 0. The van der Waals surface area contributed by atoms with Gasteiger partial charge in [0.2, 0.25) is 11.7 Å². The second kappa shape index (κ2) is 5.64. The van der Waals surface area contributed by atoms with Crippen LogP contribution in [0.25, 0.3) is 5.78 Å². The second-order valence-corrected chi connectivity index (χ2v) is 6.46. The fraction of sp³-hybridized carbons (Fsp3) is 0.500. The smallest absolute Gasteiger partial charge is 0.244 e. The monoisotopic (exact) mass is 328 g/mol. The van der Waals surface area contributed by atoms with Crippen LogP contribution in [-0.2, 0) is 6.54 Å². The first-order valence-electron chi connectivity index (χ1n) is 8.04. The first-order valence-corrected chi connectivity index (χ1v) is 8.04. The Morgan fingerprint density at radius 2 is 2.08 bits per heavy atom. The molecule has 1 saturated heterocycles. The molecule has 8 nitrogen and oxygen atoms in total. The summed E-state index contributed by atoms with van der Waals surface area (Å²) in [5.74, 6) is 1.86. The number of hydrogen-bond acceptors (Lipinski definition) is 7.